The molecule has 5 heteroatoms. The lowest BCUT2D eigenvalue weighted by Gasteiger charge is -2.23. The molecule has 0 unspecified atom stereocenters. The standard InChI is InChI=1S/C17H20N2OS2/c1-17(2)13-6-4-5-7-14(13)19(3)15(17)10-12(20)11-22-16-18-8-9-21-16/h4-7,10H,8-9,11H2,1-3H3/b15-10-. The first-order valence-corrected chi connectivity index (χ1v) is 9.35. The average molecular weight is 332 g/mol. The molecule has 0 atom stereocenters. The van der Waals surface area contributed by atoms with Crippen molar-refractivity contribution in [2.45, 2.75) is 19.3 Å². The van der Waals surface area contributed by atoms with E-state index in [0.29, 0.717) is 5.75 Å². The van der Waals surface area contributed by atoms with E-state index in [9.17, 15) is 4.79 Å². The van der Waals surface area contributed by atoms with Gasteiger partial charge in [-0.15, -0.1) is 0 Å². The van der Waals surface area contributed by atoms with Gasteiger partial charge in [0.2, 0.25) is 0 Å². The Balaban J connectivity index is 1.77. The zero-order valence-electron chi connectivity index (χ0n) is 13.1. The Labute approximate surface area is 140 Å². The van der Waals surface area contributed by atoms with Gasteiger partial charge in [0.25, 0.3) is 0 Å². The highest BCUT2D eigenvalue weighted by atomic mass is 32.2. The number of ketones is 1. The molecule has 0 spiro atoms. The number of thioether (sulfide) groups is 2. The maximum atomic E-state index is 12.4. The van der Waals surface area contributed by atoms with E-state index >= 15 is 0 Å². The summed E-state index contributed by atoms with van der Waals surface area (Å²) in [4.78, 5) is 18.9. The third kappa shape index (κ3) is 2.84. The van der Waals surface area contributed by atoms with E-state index in [0.717, 1.165) is 22.4 Å². The third-order valence-electron chi connectivity index (χ3n) is 4.13. The van der Waals surface area contributed by atoms with Crippen LogP contribution < -0.4 is 4.90 Å². The first-order valence-electron chi connectivity index (χ1n) is 7.38. The smallest absolute Gasteiger partial charge is 0.167 e. The Morgan fingerprint density at radius 2 is 2.23 bits per heavy atom. The van der Waals surface area contributed by atoms with Crippen LogP contribution >= 0.6 is 23.5 Å². The van der Waals surface area contributed by atoms with Gasteiger partial charge in [0.05, 0.1) is 12.3 Å². The van der Waals surface area contributed by atoms with Crippen LogP contribution in [0.1, 0.15) is 19.4 Å². The number of nitrogens with zero attached hydrogens (tertiary/aromatic N) is 2. The van der Waals surface area contributed by atoms with Crippen LogP contribution in [0.15, 0.2) is 41.0 Å². The maximum absolute atomic E-state index is 12.4. The number of rotatable bonds is 3. The summed E-state index contributed by atoms with van der Waals surface area (Å²) in [5.41, 5.74) is 3.40. The van der Waals surface area contributed by atoms with E-state index < -0.39 is 0 Å². The molecule has 22 heavy (non-hydrogen) atoms. The normalized spacial score (nSPS) is 21.1. The van der Waals surface area contributed by atoms with Crippen molar-refractivity contribution < 1.29 is 4.79 Å². The van der Waals surface area contributed by atoms with Gasteiger partial charge in [-0.2, -0.15) is 0 Å². The van der Waals surface area contributed by atoms with Crippen LogP contribution in [0.5, 0.6) is 0 Å². The maximum Gasteiger partial charge on any atom is 0.167 e. The second-order valence-electron chi connectivity index (χ2n) is 5.98. The number of fused-ring (bicyclic) bond motifs is 1. The lowest BCUT2D eigenvalue weighted by Crippen LogP contribution is -2.24. The number of para-hydroxylation sites is 1. The minimum Gasteiger partial charge on any atom is -0.347 e. The summed E-state index contributed by atoms with van der Waals surface area (Å²) in [5, 5.41) is 0. The molecule has 1 aromatic carbocycles. The van der Waals surface area contributed by atoms with E-state index in [1.54, 1.807) is 23.5 Å². The number of carbonyl (C=O) groups excluding carboxylic acids is 1. The summed E-state index contributed by atoms with van der Waals surface area (Å²) >= 11 is 3.31. The van der Waals surface area contributed by atoms with Crippen molar-refractivity contribution in [2.24, 2.45) is 4.99 Å². The molecule has 0 fully saturated rings. The van der Waals surface area contributed by atoms with Crippen LogP contribution in [0.3, 0.4) is 0 Å². The topological polar surface area (TPSA) is 32.7 Å². The number of likely N-dealkylation sites (N-methyl/N-ethyl adjacent to an activating group) is 1. The molecule has 0 radical (unpaired) electrons. The molecule has 2 aliphatic heterocycles. The highest BCUT2D eigenvalue weighted by Gasteiger charge is 2.38. The van der Waals surface area contributed by atoms with Crippen LogP contribution in [-0.2, 0) is 10.2 Å². The molecular weight excluding hydrogens is 312 g/mol. The van der Waals surface area contributed by atoms with Crippen molar-refractivity contribution in [1.82, 2.24) is 0 Å². The Kier molecular flexibility index (Phi) is 4.37. The molecule has 0 aromatic heterocycles. The fourth-order valence-electron chi connectivity index (χ4n) is 2.99. The van der Waals surface area contributed by atoms with Gasteiger partial charge in [-0.05, 0) is 11.6 Å². The molecule has 116 valence electrons. The minimum absolute atomic E-state index is 0.134. The van der Waals surface area contributed by atoms with Gasteiger partial charge in [-0.3, -0.25) is 9.79 Å². The SMILES string of the molecule is CN1/C(=C\C(=O)CSC2=NCCS2)C(C)(C)c2ccccc21. The lowest BCUT2D eigenvalue weighted by atomic mass is 9.83. The summed E-state index contributed by atoms with van der Waals surface area (Å²) in [6.45, 7) is 5.24. The quantitative estimate of drug-likeness (QED) is 0.790. The Morgan fingerprint density at radius 3 is 2.91 bits per heavy atom. The summed E-state index contributed by atoms with van der Waals surface area (Å²) in [7, 11) is 2.04. The predicted molar refractivity (Wildman–Crippen MR) is 98.2 cm³/mol. The molecule has 0 amide bonds. The van der Waals surface area contributed by atoms with Crippen molar-refractivity contribution in [1.29, 1.82) is 0 Å². The molecule has 0 saturated heterocycles. The molecule has 3 nitrogen and oxygen atoms in total. The zero-order valence-corrected chi connectivity index (χ0v) is 14.8. The number of aliphatic imine (C=N–C) groups is 1. The van der Waals surface area contributed by atoms with Crippen LogP contribution in [0, 0.1) is 0 Å². The van der Waals surface area contributed by atoms with Crippen LogP contribution in [0.4, 0.5) is 5.69 Å². The van der Waals surface area contributed by atoms with Crippen LogP contribution in [0.2, 0.25) is 0 Å². The molecule has 3 rings (SSSR count). The van der Waals surface area contributed by atoms with Gasteiger partial charge in [0.1, 0.15) is 4.38 Å². The fraction of sp³-hybridized carbons (Fsp3) is 0.412. The molecule has 0 bridgehead atoms. The summed E-state index contributed by atoms with van der Waals surface area (Å²) in [6.07, 6.45) is 1.81. The number of carbonyl (C=O) groups is 1. The molecule has 2 aliphatic rings. The predicted octanol–water partition coefficient (Wildman–Crippen LogP) is 3.70. The highest BCUT2D eigenvalue weighted by Crippen LogP contribution is 2.46. The summed E-state index contributed by atoms with van der Waals surface area (Å²) < 4.78 is 1.05. The number of anilines is 1. The average Bonchev–Trinajstić information content (AvgIpc) is 3.08. The molecule has 2 heterocycles. The van der Waals surface area contributed by atoms with Gasteiger partial charge in [0.15, 0.2) is 5.78 Å². The number of allylic oxidation sites excluding steroid dienone is 2. The first kappa shape index (κ1) is 15.7. The fourth-order valence-corrected chi connectivity index (χ4v) is 4.82. The molecule has 0 N–H and O–H groups in total. The number of benzene rings is 1. The van der Waals surface area contributed by atoms with Gasteiger partial charge >= 0.3 is 0 Å². The highest BCUT2D eigenvalue weighted by molar-refractivity contribution is 8.39. The van der Waals surface area contributed by atoms with Crippen LogP contribution in [0.25, 0.3) is 0 Å². The second-order valence-corrected chi connectivity index (χ2v) is 8.29. The molecule has 0 aliphatic carbocycles. The van der Waals surface area contributed by atoms with Crippen molar-refractivity contribution in [3.05, 3.63) is 41.6 Å². The van der Waals surface area contributed by atoms with Crippen molar-refractivity contribution in [3.8, 4) is 0 Å². The van der Waals surface area contributed by atoms with Gasteiger partial charge in [-0.25, -0.2) is 0 Å². The lowest BCUT2D eigenvalue weighted by molar-refractivity contribution is -0.112. The van der Waals surface area contributed by atoms with E-state index in [1.807, 2.05) is 19.2 Å². The number of hydrogen-bond donors (Lipinski definition) is 0. The molecule has 0 saturated carbocycles. The Hall–Kier alpha value is -1.20. The minimum atomic E-state index is -0.134. The van der Waals surface area contributed by atoms with E-state index in [-0.39, 0.29) is 11.2 Å². The van der Waals surface area contributed by atoms with Gasteiger partial charge < -0.3 is 4.90 Å². The van der Waals surface area contributed by atoms with Crippen molar-refractivity contribution in [3.63, 3.8) is 0 Å². The summed E-state index contributed by atoms with van der Waals surface area (Å²) in [6, 6.07) is 8.36. The summed E-state index contributed by atoms with van der Waals surface area (Å²) in [5.74, 6) is 1.67. The molecule has 1 aromatic rings. The largest absolute Gasteiger partial charge is 0.347 e. The van der Waals surface area contributed by atoms with Crippen molar-refractivity contribution >= 4 is 39.4 Å². The zero-order chi connectivity index (χ0) is 15.7. The Bertz CT molecular complexity index is 664. The van der Waals surface area contributed by atoms with Crippen LogP contribution in [-0.4, -0.2) is 35.3 Å². The molecular formula is C17H20N2OS2. The third-order valence-corrected chi connectivity index (χ3v) is 6.41. The van der Waals surface area contributed by atoms with E-state index in [4.69, 9.17) is 0 Å². The van der Waals surface area contributed by atoms with E-state index in [1.165, 1.54) is 11.3 Å². The second kappa shape index (κ2) is 6.13. The van der Waals surface area contributed by atoms with E-state index in [2.05, 4.69) is 41.9 Å². The monoisotopic (exact) mass is 332 g/mol. The van der Waals surface area contributed by atoms with Crippen molar-refractivity contribution in [2.75, 3.05) is 30.0 Å². The Morgan fingerprint density at radius 1 is 1.45 bits per heavy atom. The first-order chi connectivity index (χ1) is 10.5. The number of hydrogen-bond acceptors (Lipinski definition) is 5. The van der Waals surface area contributed by atoms with Gasteiger partial charge in [0, 0.05) is 35.7 Å². The van der Waals surface area contributed by atoms with Gasteiger partial charge in [-0.1, -0.05) is 55.6 Å².